The van der Waals surface area contributed by atoms with Crippen molar-refractivity contribution in [1.82, 2.24) is 9.80 Å². The van der Waals surface area contributed by atoms with Crippen LogP contribution >= 0.6 is 0 Å². The van der Waals surface area contributed by atoms with Crippen molar-refractivity contribution in [3.63, 3.8) is 0 Å². The van der Waals surface area contributed by atoms with Crippen molar-refractivity contribution in [3.05, 3.63) is 0 Å². The number of nitrogens with zero attached hydrogens (tertiary/aromatic N) is 2. The summed E-state index contributed by atoms with van der Waals surface area (Å²) in [6, 6.07) is 1.22. The summed E-state index contributed by atoms with van der Waals surface area (Å²) in [4.78, 5) is 4.97. The summed E-state index contributed by atoms with van der Waals surface area (Å²) in [5.41, 5.74) is 0. The third kappa shape index (κ3) is 6.85. The quantitative estimate of drug-likeness (QED) is 0.356. The summed E-state index contributed by atoms with van der Waals surface area (Å²) in [5, 5.41) is 0. The van der Waals surface area contributed by atoms with Gasteiger partial charge in [0.05, 0.1) is 0 Å². The molecule has 0 aromatic heterocycles. The molecule has 0 amide bonds. The fourth-order valence-electron chi connectivity index (χ4n) is 2.06. The van der Waals surface area contributed by atoms with Gasteiger partial charge in [0.15, 0.2) is 0 Å². The molecule has 5 heteroatoms. The summed E-state index contributed by atoms with van der Waals surface area (Å²) < 4.78 is 11.1. The van der Waals surface area contributed by atoms with Gasteiger partial charge < -0.3 is 19.3 Å². The van der Waals surface area contributed by atoms with E-state index in [1.54, 1.807) is 0 Å². The van der Waals surface area contributed by atoms with Crippen LogP contribution in [0.4, 0.5) is 0 Å². The normalized spacial score (nSPS) is 18.7. The summed E-state index contributed by atoms with van der Waals surface area (Å²) in [6.07, 6.45) is 1.26. The zero-order chi connectivity index (χ0) is 13.2. The Morgan fingerprint density at radius 1 is 1.06 bits per heavy atom. The minimum Gasteiger partial charge on any atom is -0.357 e. The van der Waals surface area contributed by atoms with Crippen LogP contribution in [0.25, 0.3) is 0 Å². The Morgan fingerprint density at radius 2 is 1.67 bits per heavy atom. The van der Waals surface area contributed by atoms with Crippen LogP contribution in [0.3, 0.4) is 0 Å². The molecule has 1 heterocycles. The first-order valence-corrected chi connectivity index (χ1v) is 8.42. The predicted octanol–water partition coefficient (Wildman–Crippen LogP) is 1.10. The first-order chi connectivity index (χ1) is 8.76. The van der Waals surface area contributed by atoms with Crippen molar-refractivity contribution in [2.45, 2.75) is 32.2 Å². The number of rotatable bonds is 9. The van der Waals surface area contributed by atoms with E-state index in [2.05, 4.69) is 16.8 Å². The van der Waals surface area contributed by atoms with Crippen LogP contribution < -0.4 is 0 Å². The van der Waals surface area contributed by atoms with E-state index < -0.39 is 0 Å². The molecule has 0 atom stereocenters. The van der Waals surface area contributed by atoms with Crippen LogP contribution in [0, 0.1) is 0 Å². The lowest BCUT2D eigenvalue weighted by molar-refractivity contribution is -0.0828. The number of piperazine rings is 1. The highest BCUT2D eigenvalue weighted by atomic mass is 28.2. The van der Waals surface area contributed by atoms with Gasteiger partial charge in [0.25, 0.3) is 0 Å². The van der Waals surface area contributed by atoms with Crippen molar-refractivity contribution in [2.75, 3.05) is 53.0 Å². The Morgan fingerprint density at radius 3 is 2.22 bits per heavy atom. The highest BCUT2D eigenvalue weighted by molar-refractivity contribution is 6.36. The molecule has 0 aliphatic carbocycles. The van der Waals surface area contributed by atoms with E-state index in [4.69, 9.17) is 9.47 Å². The van der Waals surface area contributed by atoms with E-state index in [9.17, 15) is 0 Å². The lowest BCUT2D eigenvalue weighted by atomic mass is 10.3. The van der Waals surface area contributed by atoms with Gasteiger partial charge >= 0.3 is 0 Å². The molecule has 0 N–H and O–H groups in total. The van der Waals surface area contributed by atoms with Gasteiger partial charge in [-0.1, -0.05) is 6.04 Å². The van der Waals surface area contributed by atoms with Crippen LogP contribution in [0.2, 0.25) is 6.04 Å². The maximum atomic E-state index is 5.56. The average Bonchev–Trinajstić information content (AvgIpc) is 2.37. The molecule has 0 bridgehead atoms. The van der Waals surface area contributed by atoms with E-state index in [1.165, 1.54) is 45.2 Å². The van der Waals surface area contributed by atoms with Crippen molar-refractivity contribution in [3.8, 4) is 0 Å². The molecule has 2 radical (unpaired) electrons. The highest BCUT2D eigenvalue weighted by Crippen LogP contribution is 2.04. The molecule has 0 spiro atoms. The Bertz CT molecular complexity index is 193. The first-order valence-electron chi connectivity index (χ1n) is 7.13. The number of likely N-dealkylation sites (N-methyl/N-ethyl adjacent to an activating group) is 1. The van der Waals surface area contributed by atoms with Gasteiger partial charge in [0.1, 0.15) is 15.4 Å². The third-order valence-electron chi connectivity index (χ3n) is 3.19. The first kappa shape index (κ1) is 16.1. The van der Waals surface area contributed by atoms with E-state index in [-0.39, 0.29) is 5.91 Å². The van der Waals surface area contributed by atoms with Gasteiger partial charge in [0, 0.05) is 39.4 Å². The Labute approximate surface area is 114 Å². The minimum atomic E-state index is 0.0347. The van der Waals surface area contributed by atoms with Crippen LogP contribution in [0.5, 0.6) is 0 Å². The maximum absolute atomic E-state index is 5.56. The monoisotopic (exact) mass is 272 g/mol. The van der Waals surface area contributed by atoms with E-state index in [0.29, 0.717) is 0 Å². The Kier molecular flexibility index (Phi) is 8.88. The molecule has 4 nitrogen and oxygen atoms in total. The number of hydrogen-bond donors (Lipinski definition) is 0. The Hall–Kier alpha value is 0.0569. The molecule has 1 fully saturated rings. The van der Waals surface area contributed by atoms with Gasteiger partial charge in [-0.3, -0.25) is 0 Å². The Balaban J connectivity index is 2.02. The molecule has 18 heavy (non-hydrogen) atoms. The number of ether oxygens (including phenoxy) is 2. The molecule has 0 aromatic rings. The molecule has 1 aliphatic rings. The molecule has 106 valence electrons. The molecular weight excluding hydrogens is 244 g/mol. The lowest BCUT2D eigenvalue weighted by Gasteiger charge is -2.32. The van der Waals surface area contributed by atoms with Crippen molar-refractivity contribution in [2.24, 2.45) is 0 Å². The van der Waals surface area contributed by atoms with Gasteiger partial charge in [-0.2, -0.15) is 0 Å². The van der Waals surface area contributed by atoms with Crippen LogP contribution in [-0.4, -0.2) is 78.2 Å². The zero-order valence-corrected chi connectivity index (χ0v) is 13.2. The van der Waals surface area contributed by atoms with E-state index in [1.807, 2.05) is 13.8 Å². The van der Waals surface area contributed by atoms with Crippen molar-refractivity contribution < 1.29 is 9.47 Å². The smallest absolute Gasteiger partial charge is 0.137 e. The van der Waals surface area contributed by atoms with Gasteiger partial charge in [0.2, 0.25) is 0 Å². The predicted molar refractivity (Wildman–Crippen MR) is 76.2 cm³/mol. The number of hydrogen-bond acceptors (Lipinski definition) is 4. The molecule has 1 rings (SSSR count). The summed E-state index contributed by atoms with van der Waals surface area (Å²) in [5.74, 6) is 0.0347. The fourth-order valence-corrected chi connectivity index (χ4v) is 3.23. The summed E-state index contributed by atoms with van der Waals surface area (Å²) in [7, 11) is 2.97. The van der Waals surface area contributed by atoms with Crippen molar-refractivity contribution >= 4 is 9.52 Å². The minimum absolute atomic E-state index is 0.0347. The topological polar surface area (TPSA) is 24.9 Å². The van der Waals surface area contributed by atoms with Crippen molar-refractivity contribution in [1.29, 1.82) is 0 Å². The molecule has 0 saturated carbocycles. The molecule has 0 aromatic carbocycles. The van der Waals surface area contributed by atoms with E-state index >= 15 is 0 Å². The summed E-state index contributed by atoms with van der Waals surface area (Å²) >= 11 is 0. The SMILES string of the molecule is CCOC(OCC)[Si]CCCN1CCN(C)CC1. The van der Waals surface area contributed by atoms with Gasteiger partial charge in [-0.05, 0) is 33.9 Å². The maximum Gasteiger partial charge on any atom is 0.137 e. The second-order valence-corrected chi connectivity index (χ2v) is 6.07. The zero-order valence-electron chi connectivity index (χ0n) is 12.2. The van der Waals surface area contributed by atoms with Crippen LogP contribution in [0.1, 0.15) is 20.3 Å². The molecular formula is C13H28N2O2Si. The molecule has 0 unspecified atom stereocenters. The molecule has 1 saturated heterocycles. The lowest BCUT2D eigenvalue weighted by Crippen LogP contribution is -2.44. The summed E-state index contributed by atoms with van der Waals surface area (Å²) in [6.45, 7) is 11.6. The third-order valence-corrected chi connectivity index (χ3v) is 4.50. The fraction of sp³-hybridized carbons (Fsp3) is 1.00. The van der Waals surface area contributed by atoms with Gasteiger partial charge in [-0.15, -0.1) is 0 Å². The van der Waals surface area contributed by atoms with E-state index in [0.717, 1.165) is 22.7 Å². The largest absolute Gasteiger partial charge is 0.357 e. The standard InChI is InChI=1S/C13H28N2O2Si/c1-4-16-13(17-5-2)18-12-6-7-15-10-8-14(3)9-11-15/h13H,4-12H2,1-3H3. The average molecular weight is 272 g/mol. The van der Waals surface area contributed by atoms with Gasteiger partial charge in [-0.25, -0.2) is 0 Å². The van der Waals surface area contributed by atoms with Crippen LogP contribution in [-0.2, 0) is 9.47 Å². The second kappa shape index (κ2) is 9.92. The molecule has 1 aliphatic heterocycles. The van der Waals surface area contributed by atoms with Crippen LogP contribution in [0.15, 0.2) is 0 Å². The second-order valence-electron chi connectivity index (χ2n) is 4.70. The highest BCUT2D eigenvalue weighted by Gasteiger charge is 2.14.